The van der Waals surface area contributed by atoms with Crippen LogP contribution >= 0.6 is 0 Å². The molecule has 3 N–H and O–H groups in total. The Hall–Kier alpha value is -1.75. The maximum atomic E-state index is 12.1. The molecule has 2 aliphatic rings. The van der Waals surface area contributed by atoms with E-state index < -0.39 is 0 Å². The van der Waals surface area contributed by atoms with Gasteiger partial charge in [-0.15, -0.1) is 0 Å². The van der Waals surface area contributed by atoms with E-state index in [1.807, 2.05) is 25.1 Å². The summed E-state index contributed by atoms with van der Waals surface area (Å²) in [5.74, 6) is 2.42. The zero-order valence-electron chi connectivity index (χ0n) is 12.3. The van der Waals surface area contributed by atoms with Crippen molar-refractivity contribution in [1.29, 1.82) is 0 Å². The average molecular weight is 290 g/mol. The number of rotatable bonds is 5. The van der Waals surface area contributed by atoms with Gasteiger partial charge in [-0.05, 0) is 42.5 Å². The largest absolute Gasteiger partial charge is 0.486 e. The smallest absolute Gasteiger partial charge is 0.223 e. The zero-order valence-corrected chi connectivity index (χ0v) is 12.3. The first-order valence-corrected chi connectivity index (χ1v) is 7.56. The van der Waals surface area contributed by atoms with Crippen LogP contribution in [-0.2, 0) is 4.79 Å². The molecular weight excluding hydrogens is 268 g/mol. The van der Waals surface area contributed by atoms with Gasteiger partial charge in [0.1, 0.15) is 13.2 Å². The lowest BCUT2D eigenvalue weighted by atomic mass is 10.1. The Labute approximate surface area is 124 Å². The third-order valence-corrected chi connectivity index (χ3v) is 4.15. The summed E-state index contributed by atoms with van der Waals surface area (Å²) in [7, 11) is 0. The van der Waals surface area contributed by atoms with Crippen LogP contribution in [-0.4, -0.2) is 32.2 Å². The lowest BCUT2D eigenvalue weighted by Crippen LogP contribution is -2.32. The number of nitrogens with one attached hydrogen (secondary N) is 1. The minimum Gasteiger partial charge on any atom is -0.486 e. The van der Waals surface area contributed by atoms with Gasteiger partial charge in [0, 0.05) is 12.5 Å². The van der Waals surface area contributed by atoms with Gasteiger partial charge in [-0.1, -0.05) is 13.0 Å². The van der Waals surface area contributed by atoms with Crippen molar-refractivity contribution in [3.63, 3.8) is 0 Å². The van der Waals surface area contributed by atoms with E-state index in [2.05, 4.69) is 5.32 Å². The Kier molecular flexibility index (Phi) is 4.01. The van der Waals surface area contributed by atoms with E-state index in [1.54, 1.807) is 0 Å². The molecule has 0 bridgehead atoms. The van der Waals surface area contributed by atoms with Gasteiger partial charge < -0.3 is 20.5 Å². The van der Waals surface area contributed by atoms with Crippen LogP contribution in [0.2, 0.25) is 0 Å². The molecule has 0 radical (unpaired) electrons. The Balaban J connectivity index is 1.58. The summed E-state index contributed by atoms with van der Waals surface area (Å²) in [5.41, 5.74) is 6.71. The van der Waals surface area contributed by atoms with Gasteiger partial charge in [0.05, 0.1) is 0 Å². The standard InChI is InChI=1S/C16H22N2O3/c1-10(8-17)9-18-16(19)13-7-12(13)11-2-3-14-15(6-11)21-5-4-20-14/h2-3,6,10,12-13H,4-5,7-9,17H2,1H3,(H,18,19). The van der Waals surface area contributed by atoms with Crippen molar-refractivity contribution in [2.45, 2.75) is 19.3 Å². The van der Waals surface area contributed by atoms with E-state index in [1.165, 1.54) is 0 Å². The van der Waals surface area contributed by atoms with Crippen LogP contribution in [0.4, 0.5) is 0 Å². The number of ether oxygens (including phenoxy) is 2. The molecule has 1 aromatic carbocycles. The van der Waals surface area contributed by atoms with Crippen LogP contribution in [0.15, 0.2) is 18.2 Å². The third-order valence-electron chi connectivity index (χ3n) is 4.15. The lowest BCUT2D eigenvalue weighted by Gasteiger charge is -2.18. The second-order valence-electron chi connectivity index (χ2n) is 5.94. The number of fused-ring (bicyclic) bond motifs is 1. The number of carbonyl (C=O) groups excluding carboxylic acids is 1. The van der Waals surface area contributed by atoms with Crippen molar-refractivity contribution in [1.82, 2.24) is 5.32 Å². The van der Waals surface area contributed by atoms with Crippen LogP contribution in [0, 0.1) is 11.8 Å². The van der Waals surface area contributed by atoms with Crippen LogP contribution in [0.3, 0.4) is 0 Å². The molecule has 1 aliphatic heterocycles. The highest BCUT2D eigenvalue weighted by Crippen LogP contribution is 2.49. The van der Waals surface area contributed by atoms with Gasteiger partial charge in [0.2, 0.25) is 5.91 Å². The molecule has 21 heavy (non-hydrogen) atoms. The number of hydrogen-bond donors (Lipinski definition) is 2. The van der Waals surface area contributed by atoms with Crippen molar-refractivity contribution in [3.8, 4) is 11.5 Å². The van der Waals surface area contributed by atoms with Crippen LogP contribution < -0.4 is 20.5 Å². The molecule has 1 aliphatic carbocycles. The number of benzene rings is 1. The van der Waals surface area contributed by atoms with Gasteiger partial charge in [-0.25, -0.2) is 0 Å². The molecule has 3 unspecified atom stereocenters. The monoisotopic (exact) mass is 290 g/mol. The minimum absolute atomic E-state index is 0.0810. The van der Waals surface area contributed by atoms with Crippen LogP contribution in [0.5, 0.6) is 11.5 Å². The van der Waals surface area contributed by atoms with E-state index in [0.717, 1.165) is 23.5 Å². The molecule has 0 aromatic heterocycles. The quantitative estimate of drug-likeness (QED) is 0.856. The van der Waals surface area contributed by atoms with E-state index in [-0.39, 0.29) is 11.8 Å². The van der Waals surface area contributed by atoms with Crippen molar-refractivity contribution in [2.24, 2.45) is 17.6 Å². The van der Waals surface area contributed by atoms with Gasteiger partial charge in [0.25, 0.3) is 0 Å². The fourth-order valence-corrected chi connectivity index (χ4v) is 2.63. The molecular formula is C16H22N2O3. The average Bonchev–Trinajstić information content (AvgIpc) is 3.32. The van der Waals surface area contributed by atoms with Crippen molar-refractivity contribution in [2.75, 3.05) is 26.3 Å². The molecule has 1 fully saturated rings. The van der Waals surface area contributed by atoms with Gasteiger partial charge in [0.15, 0.2) is 11.5 Å². The van der Waals surface area contributed by atoms with Crippen LogP contribution in [0.25, 0.3) is 0 Å². The van der Waals surface area contributed by atoms with Crippen molar-refractivity contribution >= 4 is 5.91 Å². The summed E-state index contributed by atoms with van der Waals surface area (Å²) in [6, 6.07) is 5.98. The Morgan fingerprint density at radius 1 is 1.38 bits per heavy atom. The predicted octanol–water partition coefficient (Wildman–Crippen LogP) is 1.27. The molecule has 1 amide bonds. The lowest BCUT2D eigenvalue weighted by molar-refractivity contribution is -0.122. The second-order valence-corrected chi connectivity index (χ2v) is 5.94. The molecule has 0 spiro atoms. The Morgan fingerprint density at radius 2 is 2.14 bits per heavy atom. The van der Waals surface area contributed by atoms with Crippen molar-refractivity contribution in [3.05, 3.63) is 23.8 Å². The molecule has 3 rings (SSSR count). The zero-order chi connectivity index (χ0) is 14.8. The molecule has 3 atom stereocenters. The first-order valence-electron chi connectivity index (χ1n) is 7.56. The summed E-state index contributed by atoms with van der Waals surface area (Å²) >= 11 is 0. The summed E-state index contributed by atoms with van der Waals surface area (Å²) < 4.78 is 11.1. The highest BCUT2D eigenvalue weighted by molar-refractivity contribution is 5.83. The Bertz CT molecular complexity index is 532. The van der Waals surface area contributed by atoms with E-state index in [4.69, 9.17) is 15.2 Å². The maximum absolute atomic E-state index is 12.1. The second kappa shape index (κ2) is 5.93. The number of hydrogen-bond acceptors (Lipinski definition) is 4. The third kappa shape index (κ3) is 3.13. The summed E-state index contributed by atoms with van der Waals surface area (Å²) in [6.45, 7) is 4.46. The highest BCUT2D eigenvalue weighted by atomic mass is 16.6. The van der Waals surface area contributed by atoms with Gasteiger partial charge >= 0.3 is 0 Å². The Morgan fingerprint density at radius 3 is 2.90 bits per heavy atom. The summed E-state index contributed by atoms with van der Waals surface area (Å²) in [5, 5.41) is 2.98. The SMILES string of the molecule is CC(CN)CNC(=O)C1CC1c1ccc2c(c1)OCCO2. The van der Waals surface area contributed by atoms with Crippen LogP contribution in [0.1, 0.15) is 24.8 Å². The number of amides is 1. The van der Waals surface area contributed by atoms with E-state index in [9.17, 15) is 4.79 Å². The molecule has 114 valence electrons. The van der Waals surface area contributed by atoms with E-state index in [0.29, 0.717) is 38.1 Å². The van der Waals surface area contributed by atoms with Gasteiger partial charge in [-0.2, -0.15) is 0 Å². The predicted molar refractivity (Wildman–Crippen MR) is 79.5 cm³/mol. The summed E-state index contributed by atoms with van der Waals surface area (Å²) in [6.07, 6.45) is 0.905. The fraction of sp³-hybridized carbons (Fsp3) is 0.562. The molecule has 1 heterocycles. The molecule has 5 nitrogen and oxygen atoms in total. The first kappa shape index (κ1) is 14.2. The minimum atomic E-state index is 0.0810. The first-order chi connectivity index (χ1) is 10.2. The number of nitrogens with two attached hydrogens (primary N) is 1. The van der Waals surface area contributed by atoms with Gasteiger partial charge in [-0.3, -0.25) is 4.79 Å². The number of carbonyl (C=O) groups is 1. The van der Waals surface area contributed by atoms with E-state index >= 15 is 0 Å². The van der Waals surface area contributed by atoms with Crippen molar-refractivity contribution < 1.29 is 14.3 Å². The molecule has 5 heteroatoms. The maximum Gasteiger partial charge on any atom is 0.223 e. The molecule has 0 saturated heterocycles. The highest BCUT2D eigenvalue weighted by Gasteiger charge is 2.44. The fourth-order valence-electron chi connectivity index (χ4n) is 2.63. The normalized spacial score (nSPS) is 24.3. The molecule has 1 aromatic rings. The molecule has 1 saturated carbocycles. The topological polar surface area (TPSA) is 73.6 Å². The summed E-state index contributed by atoms with van der Waals surface area (Å²) in [4.78, 5) is 12.1.